The van der Waals surface area contributed by atoms with Gasteiger partial charge in [0, 0.05) is 0 Å². The van der Waals surface area contributed by atoms with E-state index in [4.69, 9.17) is 14.2 Å². The molecule has 2 aliphatic rings. The van der Waals surface area contributed by atoms with Crippen molar-refractivity contribution in [1.29, 1.82) is 0 Å². The van der Waals surface area contributed by atoms with E-state index in [2.05, 4.69) is 5.10 Å². The number of ether oxygens (including phenoxy) is 3. The minimum Gasteiger partial charge on any atom is -0.394 e. The van der Waals surface area contributed by atoms with Crippen LogP contribution in [-0.4, -0.2) is 50.5 Å². The van der Waals surface area contributed by atoms with E-state index in [0.717, 1.165) is 0 Å². The Morgan fingerprint density at radius 2 is 2.20 bits per heavy atom. The topological polar surface area (TPSA) is 109 Å². The molecule has 2 aliphatic heterocycles. The molecule has 2 fully saturated rings. The summed E-state index contributed by atoms with van der Waals surface area (Å²) in [4.78, 5) is 10.1. The van der Waals surface area contributed by atoms with Crippen molar-refractivity contribution < 1.29 is 24.2 Å². The summed E-state index contributed by atoms with van der Waals surface area (Å²) in [7, 11) is 0. The average Bonchev–Trinajstić information content (AvgIpc) is 3.01. The minimum atomic E-state index is -0.788. The third-order valence-corrected chi connectivity index (χ3v) is 3.35. The fraction of sp³-hybridized carbons (Fsp3) is 0.727. The number of nitrogens with zero attached hydrogens (tertiary/aromatic N) is 3. The van der Waals surface area contributed by atoms with Gasteiger partial charge in [-0.25, -0.2) is 0 Å². The van der Waals surface area contributed by atoms with Gasteiger partial charge in [0.2, 0.25) is 0 Å². The molecule has 0 aromatic carbocycles. The molecule has 2 saturated heterocycles. The second kappa shape index (κ2) is 4.48. The Kier molecular flexibility index (Phi) is 3.01. The highest BCUT2D eigenvalue weighted by Crippen LogP contribution is 2.42. The summed E-state index contributed by atoms with van der Waals surface area (Å²) in [5.74, 6) is -1.06. The number of hydrogen-bond donors (Lipinski definition) is 1. The van der Waals surface area contributed by atoms with Gasteiger partial charge in [-0.2, -0.15) is 0 Å². The molecule has 0 amide bonds. The molecule has 0 unspecified atom stereocenters. The van der Waals surface area contributed by atoms with Crippen LogP contribution in [0.15, 0.2) is 12.3 Å². The highest BCUT2D eigenvalue weighted by Gasteiger charge is 2.56. The van der Waals surface area contributed by atoms with Gasteiger partial charge in [0.15, 0.2) is 12.0 Å². The zero-order valence-electron chi connectivity index (χ0n) is 11.0. The highest BCUT2D eigenvalue weighted by atomic mass is 16.8. The summed E-state index contributed by atoms with van der Waals surface area (Å²) >= 11 is 0. The fourth-order valence-electron chi connectivity index (χ4n) is 2.59. The first-order valence-corrected chi connectivity index (χ1v) is 6.23. The Morgan fingerprint density at radius 3 is 2.80 bits per heavy atom. The standard InChI is InChI=1S/C11H15N3O6/c1-11(2)19-8-6(5-15)18-10(9(8)20-11)13-4-3-7(12-13)14(16)17/h3-4,6,8-10,15H,5H2,1-2H3/t6-,8-,9-,10+/m1/s1. The Hall–Kier alpha value is -1.55. The molecule has 0 bridgehead atoms. The lowest BCUT2D eigenvalue weighted by atomic mass is 10.1. The highest BCUT2D eigenvalue weighted by molar-refractivity contribution is 5.15. The van der Waals surface area contributed by atoms with Crippen LogP contribution in [0.3, 0.4) is 0 Å². The van der Waals surface area contributed by atoms with E-state index in [-0.39, 0.29) is 12.4 Å². The molecule has 9 heteroatoms. The lowest BCUT2D eigenvalue weighted by Crippen LogP contribution is -2.31. The van der Waals surface area contributed by atoms with Crippen LogP contribution in [0, 0.1) is 10.1 Å². The van der Waals surface area contributed by atoms with Crippen molar-refractivity contribution >= 4 is 5.82 Å². The lowest BCUT2D eigenvalue weighted by Gasteiger charge is -2.22. The van der Waals surface area contributed by atoms with E-state index in [1.54, 1.807) is 13.8 Å². The predicted molar refractivity (Wildman–Crippen MR) is 63.7 cm³/mol. The maximum absolute atomic E-state index is 10.7. The van der Waals surface area contributed by atoms with E-state index in [1.165, 1.54) is 16.9 Å². The third-order valence-electron chi connectivity index (χ3n) is 3.35. The van der Waals surface area contributed by atoms with Crippen LogP contribution in [0.4, 0.5) is 5.82 Å². The second-order valence-electron chi connectivity index (χ2n) is 5.22. The second-order valence-corrected chi connectivity index (χ2v) is 5.22. The molecule has 0 radical (unpaired) electrons. The Labute approximate surface area is 114 Å². The monoisotopic (exact) mass is 285 g/mol. The van der Waals surface area contributed by atoms with Crippen LogP contribution in [0.2, 0.25) is 0 Å². The maximum Gasteiger partial charge on any atom is 0.390 e. The van der Waals surface area contributed by atoms with Gasteiger partial charge in [-0.05, 0) is 18.8 Å². The number of hydrogen-bond acceptors (Lipinski definition) is 7. The molecule has 3 heterocycles. The number of nitro groups is 1. The molecule has 0 spiro atoms. The van der Waals surface area contributed by atoms with Gasteiger partial charge in [-0.3, -0.25) is 0 Å². The van der Waals surface area contributed by atoms with Crippen LogP contribution in [0.1, 0.15) is 20.1 Å². The molecule has 20 heavy (non-hydrogen) atoms. The Bertz CT molecular complexity index is 530. The van der Waals surface area contributed by atoms with Crippen molar-refractivity contribution in [2.75, 3.05) is 6.61 Å². The molecule has 0 aliphatic carbocycles. The van der Waals surface area contributed by atoms with Gasteiger partial charge < -0.3 is 29.4 Å². The van der Waals surface area contributed by atoms with Crippen molar-refractivity contribution in [3.8, 4) is 0 Å². The van der Waals surface area contributed by atoms with Crippen LogP contribution in [0.25, 0.3) is 0 Å². The molecule has 1 aromatic rings. The minimum absolute atomic E-state index is 0.222. The zero-order chi connectivity index (χ0) is 14.5. The largest absolute Gasteiger partial charge is 0.394 e. The van der Waals surface area contributed by atoms with Crippen LogP contribution in [-0.2, 0) is 14.2 Å². The molecular weight excluding hydrogens is 270 g/mol. The van der Waals surface area contributed by atoms with Gasteiger partial charge >= 0.3 is 5.82 Å². The first-order valence-electron chi connectivity index (χ1n) is 6.23. The van der Waals surface area contributed by atoms with Gasteiger partial charge in [0.05, 0.1) is 24.0 Å². The summed E-state index contributed by atoms with van der Waals surface area (Å²) in [6.45, 7) is 3.31. The number of aliphatic hydroxyl groups is 1. The summed E-state index contributed by atoms with van der Waals surface area (Å²) in [6, 6.07) is 1.28. The first kappa shape index (κ1) is 13.4. The van der Waals surface area contributed by atoms with Gasteiger partial charge in [-0.1, -0.05) is 0 Å². The van der Waals surface area contributed by atoms with E-state index < -0.39 is 35.3 Å². The SMILES string of the molecule is CC1(C)O[C@@H]2[C@H](O1)[C@@H](CO)O[C@@H]2n1ccc([N+](=O)[O-])n1. The van der Waals surface area contributed by atoms with Crippen LogP contribution >= 0.6 is 0 Å². The molecule has 3 rings (SSSR count). The molecule has 4 atom stereocenters. The van der Waals surface area contributed by atoms with Crippen molar-refractivity contribution in [3.05, 3.63) is 22.4 Å². The van der Waals surface area contributed by atoms with Gasteiger partial charge in [0.1, 0.15) is 18.3 Å². The van der Waals surface area contributed by atoms with Crippen molar-refractivity contribution in [2.45, 2.75) is 44.2 Å². The Morgan fingerprint density at radius 1 is 1.50 bits per heavy atom. The van der Waals surface area contributed by atoms with E-state index in [1.807, 2.05) is 0 Å². The number of aliphatic hydroxyl groups excluding tert-OH is 1. The van der Waals surface area contributed by atoms with Crippen LogP contribution < -0.4 is 0 Å². The van der Waals surface area contributed by atoms with Crippen molar-refractivity contribution in [1.82, 2.24) is 9.78 Å². The zero-order valence-corrected chi connectivity index (χ0v) is 11.0. The van der Waals surface area contributed by atoms with Gasteiger partial charge in [0.25, 0.3) is 0 Å². The molecule has 0 saturated carbocycles. The summed E-state index contributed by atoms with van der Waals surface area (Å²) in [6.07, 6.45) is -0.651. The van der Waals surface area contributed by atoms with Crippen molar-refractivity contribution in [2.24, 2.45) is 0 Å². The number of fused-ring (bicyclic) bond motifs is 1. The average molecular weight is 285 g/mol. The Balaban J connectivity index is 1.87. The lowest BCUT2D eigenvalue weighted by molar-refractivity contribution is -0.390. The molecular formula is C11H15N3O6. The maximum atomic E-state index is 10.7. The van der Waals surface area contributed by atoms with E-state index in [9.17, 15) is 15.2 Å². The normalized spacial score (nSPS) is 35.1. The van der Waals surface area contributed by atoms with Crippen LogP contribution in [0.5, 0.6) is 0 Å². The third kappa shape index (κ3) is 2.08. The summed E-state index contributed by atoms with van der Waals surface area (Å²) < 4.78 is 18.4. The molecule has 9 nitrogen and oxygen atoms in total. The first-order chi connectivity index (χ1) is 9.41. The smallest absolute Gasteiger partial charge is 0.390 e. The molecule has 1 N–H and O–H groups in total. The number of aromatic nitrogens is 2. The predicted octanol–water partition coefficient (Wildman–Crippen LogP) is 0.201. The fourth-order valence-corrected chi connectivity index (χ4v) is 2.59. The summed E-state index contributed by atoms with van der Waals surface area (Å²) in [5, 5.41) is 23.9. The van der Waals surface area contributed by atoms with Crippen molar-refractivity contribution in [3.63, 3.8) is 0 Å². The van der Waals surface area contributed by atoms with E-state index >= 15 is 0 Å². The van der Waals surface area contributed by atoms with E-state index in [0.29, 0.717) is 0 Å². The molecule has 110 valence electrons. The summed E-state index contributed by atoms with van der Waals surface area (Å²) in [5.41, 5.74) is 0. The molecule has 1 aromatic heterocycles. The van der Waals surface area contributed by atoms with Gasteiger partial charge in [-0.15, -0.1) is 4.68 Å². The number of rotatable bonds is 3. The quantitative estimate of drug-likeness (QED) is 0.624.